The van der Waals surface area contributed by atoms with Crippen molar-refractivity contribution in [3.05, 3.63) is 41.6 Å². The molecule has 118 valence electrons. The Labute approximate surface area is 133 Å². The average molecular weight is 298 g/mol. The van der Waals surface area contributed by atoms with E-state index in [2.05, 4.69) is 66.2 Å². The van der Waals surface area contributed by atoms with Crippen molar-refractivity contribution in [1.82, 2.24) is 9.97 Å². The molecule has 0 radical (unpaired) electrons. The molecule has 0 spiro atoms. The monoisotopic (exact) mass is 298 g/mol. The van der Waals surface area contributed by atoms with Crippen LogP contribution in [0.5, 0.6) is 0 Å². The summed E-state index contributed by atoms with van der Waals surface area (Å²) in [5.74, 6) is 1.61. The zero-order valence-corrected chi connectivity index (χ0v) is 14.1. The lowest BCUT2D eigenvalue weighted by atomic mass is 10.1. The van der Waals surface area contributed by atoms with E-state index in [1.807, 2.05) is 12.3 Å². The van der Waals surface area contributed by atoms with Crippen molar-refractivity contribution in [3.8, 4) is 0 Å². The van der Waals surface area contributed by atoms with E-state index < -0.39 is 0 Å². The van der Waals surface area contributed by atoms with E-state index >= 15 is 0 Å². The minimum atomic E-state index is 0.657. The van der Waals surface area contributed by atoms with Gasteiger partial charge in [0.1, 0.15) is 5.82 Å². The number of nitrogens with one attached hydrogen (secondary N) is 1. The smallest absolute Gasteiger partial charge is 0.229 e. The molecule has 2 rings (SSSR count). The van der Waals surface area contributed by atoms with Crippen LogP contribution in [0.3, 0.4) is 0 Å². The summed E-state index contributed by atoms with van der Waals surface area (Å²) in [7, 11) is 2.08. The highest BCUT2D eigenvalue weighted by atomic mass is 15.2. The van der Waals surface area contributed by atoms with Crippen LogP contribution in [0.4, 0.5) is 17.5 Å². The molecule has 1 aromatic heterocycles. The van der Waals surface area contributed by atoms with Crippen LogP contribution in [-0.2, 0) is 6.42 Å². The SMILES string of the molecule is CCCCN(C)c1ccnc(Nc2c(C)cccc2CC)n1. The lowest BCUT2D eigenvalue weighted by Gasteiger charge is -2.19. The molecule has 0 saturated carbocycles. The molecule has 0 aliphatic heterocycles. The first-order valence-electron chi connectivity index (χ1n) is 8.05. The van der Waals surface area contributed by atoms with Crippen molar-refractivity contribution in [2.45, 2.75) is 40.0 Å². The third-order valence-corrected chi connectivity index (χ3v) is 3.86. The first-order valence-corrected chi connectivity index (χ1v) is 8.05. The maximum absolute atomic E-state index is 4.64. The normalized spacial score (nSPS) is 10.5. The summed E-state index contributed by atoms with van der Waals surface area (Å²) >= 11 is 0. The Morgan fingerprint density at radius 1 is 1.18 bits per heavy atom. The van der Waals surface area contributed by atoms with E-state index in [-0.39, 0.29) is 0 Å². The summed E-state index contributed by atoms with van der Waals surface area (Å²) in [6.07, 6.45) is 5.15. The summed E-state index contributed by atoms with van der Waals surface area (Å²) in [5, 5.41) is 3.39. The topological polar surface area (TPSA) is 41.1 Å². The summed E-state index contributed by atoms with van der Waals surface area (Å²) in [4.78, 5) is 11.2. The molecule has 0 saturated heterocycles. The number of aryl methyl sites for hydroxylation is 2. The van der Waals surface area contributed by atoms with Gasteiger partial charge in [0.05, 0.1) is 0 Å². The number of unbranched alkanes of at least 4 members (excludes halogenated alkanes) is 1. The van der Waals surface area contributed by atoms with Crippen molar-refractivity contribution in [2.24, 2.45) is 0 Å². The van der Waals surface area contributed by atoms with Gasteiger partial charge in [0.2, 0.25) is 5.95 Å². The third-order valence-electron chi connectivity index (χ3n) is 3.86. The van der Waals surface area contributed by atoms with E-state index in [0.717, 1.165) is 24.5 Å². The van der Waals surface area contributed by atoms with Gasteiger partial charge in [-0.05, 0) is 37.0 Å². The average Bonchev–Trinajstić information content (AvgIpc) is 2.54. The first-order chi connectivity index (χ1) is 10.7. The van der Waals surface area contributed by atoms with E-state index in [0.29, 0.717) is 5.95 Å². The minimum absolute atomic E-state index is 0.657. The molecule has 4 nitrogen and oxygen atoms in total. The molecular formula is C18H26N4. The van der Waals surface area contributed by atoms with Crippen molar-refractivity contribution in [3.63, 3.8) is 0 Å². The number of nitrogens with zero attached hydrogens (tertiary/aromatic N) is 3. The van der Waals surface area contributed by atoms with Crippen LogP contribution >= 0.6 is 0 Å². The van der Waals surface area contributed by atoms with Crippen LogP contribution in [0, 0.1) is 6.92 Å². The number of anilines is 3. The fourth-order valence-electron chi connectivity index (χ4n) is 2.45. The Bertz CT molecular complexity index is 610. The van der Waals surface area contributed by atoms with Crippen LogP contribution in [0.25, 0.3) is 0 Å². The number of benzene rings is 1. The number of hydrogen-bond acceptors (Lipinski definition) is 4. The first kappa shape index (κ1) is 16.3. The second kappa shape index (κ2) is 7.78. The molecular weight excluding hydrogens is 272 g/mol. The van der Waals surface area contributed by atoms with E-state index in [9.17, 15) is 0 Å². The fraction of sp³-hybridized carbons (Fsp3) is 0.444. The van der Waals surface area contributed by atoms with E-state index in [1.54, 1.807) is 0 Å². The van der Waals surface area contributed by atoms with Gasteiger partial charge in [0, 0.05) is 25.5 Å². The fourth-order valence-corrected chi connectivity index (χ4v) is 2.45. The van der Waals surface area contributed by atoms with Crippen LogP contribution in [0.1, 0.15) is 37.8 Å². The third kappa shape index (κ3) is 3.97. The quantitative estimate of drug-likeness (QED) is 0.826. The van der Waals surface area contributed by atoms with Crippen molar-refractivity contribution < 1.29 is 0 Å². The van der Waals surface area contributed by atoms with Gasteiger partial charge in [-0.2, -0.15) is 4.98 Å². The predicted octanol–water partition coefficient (Wildman–Crippen LogP) is 4.33. The zero-order valence-electron chi connectivity index (χ0n) is 14.1. The molecule has 1 N–H and O–H groups in total. The Morgan fingerprint density at radius 2 is 2.00 bits per heavy atom. The standard InChI is InChI=1S/C18H26N4/c1-5-7-13-22(4)16-11-12-19-18(20-16)21-17-14(3)9-8-10-15(17)6-2/h8-12H,5-7,13H2,1-4H3,(H,19,20,21). The Hall–Kier alpha value is -2.10. The van der Waals surface area contributed by atoms with Gasteiger partial charge in [-0.1, -0.05) is 38.5 Å². The van der Waals surface area contributed by atoms with E-state index in [1.165, 1.54) is 24.0 Å². The number of para-hydroxylation sites is 1. The summed E-state index contributed by atoms with van der Waals surface area (Å²) in [6.45, 7) is 7.48. The van der Waals surface area contributed by atoms with Gasteiger partial charge in [-0.3, -0.25) is 0 Å². The van der Waals surface area contributed by atoms with Crippen molar-refractivity contribution in [2.75, 3.05) is 23.8 Å². The van der Waals surface area contributed by atoms with Gasteiger partial charge in [0.25, 0.3) is 0 Å². The number of rotatable bonds is 7. The molecule has 2 aromatic rings. The largest absolute Gasteiger partial charge is 0.360 e. The summed E-state index contributed by atoms with van der Waals surface area (Å²) < 4.78 is 0. The zero-order chi connectivity index (χ0) is 15.9. The summed E-state index contributed by atoms with van der Waals surface area (Å²) in [5.41, 5.74) is 3.62. The second-order valence-electron chi connectivity index (χ2n) is 5.60. The Balaban J connectivity index is 2.21. The molecule has 0 amide bonds. The van der Waals surface area contributed by atoms with Gasteiger partial charge in [-0.15, -0.1) is 0 Å². The summed E-state index contributed by atoms with van der Waals surface area (Å²) in [6, 6.07) is 8.31. The Kier molecular flexibility index (Phi) is 5.75. The maximum Gasteiger partial charge on any atom is 0.229 e. The number of hydrogen-bond donors (Lipinski definition) is 1. The second-order valence-corrected chi connectivity index (χ2v) is 5.60. The lowest BCUT2D eigenvalue weighted by Crippen LogP contribution is -2.20. The molecule has 4 heteroatoms. The molecule has 0 aliphatic rings. The predicted molar refractivity (Wildman–Crippen MR) is 94.0 cm³/mol. The number of aromatic nitrogens is 2. The van der Waals surface area contributed by atoms with Gasteiger partial charge in [0.15, 0.2) is 0 Å². The molecule has 1 aromatic carbocycles. The molecule has 0 atom stereocenters. The molecule has 0 bridgehead atoms. The van der Waals surface area contributed by atoms with Crippen LogP contribution in [0.2, 0.25) is 0 Å². The van der Waals surface area contributed by atoms with Crippen molar-refractivity contribution in [1.29, 1.82) is 0 Å². The van der Waals surface area contributed by atoms with Crippen molar-refractivity contribution >= 4 is 17.5 Å². The molecule has 0 fully saturated rings. The molecule has 1 heterocycles. The van der Waals surface area contributed by atoms with Crippen LogP contribution in [0.15, 0.2) is 30.5 Å². The van der Waals surface area contributed by atoms with Gasteiger partial charge >= 0.3 is 0 Å². The van der Waals surface area contributed by atoms with Crippen LogP contribution in [-0.4, -0.2) is 23.6 Å². The Morgan fingerprint density at radius 3 is 2.73 bits per heavy atom. The highest BCUT2D eigenvalue weighted by Crippen LogP contribution is 2.24. The van der Waals surface area contributed by atoms with Gasteiger partial charge in [-0.25, -0.2) is 4.98 Å². The lowest BCUT2D eigenvalue weighted by molar-refractivity contribution is 0.759. The minimum Gasteiger partial charge on any atom is -0.360 e. The maximum atomic E-state index is 4.64. The van der Waals surface area contributed by atoms with E-state index in [4.69, 9.17) is 0 Å². The van der Waals surface area contributed by atoms with Crippen LogP contribution < -0.4 is 10.2 Å². The highest BCUT2D eigenvalue weighted by molar-refractivity contribution is 5.63. The van der Waals surface area contributed by atoms with Gasteiger partial charge < -0.3 is 10.2 Å². The molecule has 22 heavy (non-hydrogen) atoms. The highest BCUT2D eigenvalue weighted by Gasteiger charge is 2.08. The molecule has 0 aliphatic carbocycles. The molecule has 0 unspecified atom stereocenters.